The van der Waals surface area contributed by atoms with Crippen LogP contribution >= 0.6 is 0 Å². The van der Waals surface area contributed by atoms with Crippen LogP contribution < -0.4 is 15.5 Å². The lowest BCUT2D eigenvalue weighted by atomic mass is 10.1. The summed E-state index contributed by atoms with van der Waals surface area (Å²) in [6.07, 6.45) is 7.46. The SMILES string of the molecule is C=CCNc1nccc(Nc2ccc(N3CCCCC3)cc2)n1. The highest BCUT2D eigenvalue weighted by atomic mass is 15.1. The number of hydrogen-bond donors (Lipinski definition) is 2. The van der Waals surface area contributed by atoms with Gasteiger partial charge >= 0.3 is 0 Å². The van der Waals surface area contributed by atoms with Gasteiger partial charge in [0.05, 0.1) is 0 Å². The van der Waals surface area contributed by atoms with E-state index >= 15 is 0 Å². The van der Waals surface area contributed by atoms with Crippen molar-refractivity contribution in [3.8, 4) is 0 Å². The smallest absolute Gasteiger partial charge is 0.224 e. The van der Waals surface area contributed by atoms with Crippen LogP contribution in [0.1, 0.15) is 19.3 Å². The van der Waals surface area contributed by atoms with Crippen LogP contribution in [-0.4, -0.2) is 29.6 Å². The third-order valence-corrected chi connectivity index (χ3v) is 3.92. The van der Waals surface area contributed by atoms with E-state index in [0.29, 0.717) is 12.5 Å². The molecule has 1 aliphatic heterocycles. The largest absolute Gasteiger partial charge is 0.372 e. The standard InChI is InChI=1S/C18H23N5/c1-2-11-19-18-20-12-10-17(22-18)21-15-6-8-16(9-7-15)23-13-4-3-5-14-23/h2,6-10,12H,1,3-5,11,13-14H2,(H2,19,20,21,22). The van der Waals surface area contributed by atoms with Crippen molar-refractivity contribution in [3.63, 3.8) is 0 Å². The zero-order valence-corrected chi connectivity index (χ0v) is 13.3. The van der Waals surface area contributed by atoms with Gasteiger partial charge in [0.25, 0.3) is 0 Å². The third-order valence-electron chi connectivity index (χ3n) is 3.92. The Kier molecular flexibility index (Phi) is 5.09. The van der Waals surface area contributed by atoms with Gasteiger partial charge in [-0.3, -0.25) is 0 Å². The number of hydrogen-bond acceptors (Lipinski definition) is 5. The minimum absolute atomic E-state index is 0.597. The van der Waals surface area contributed by atoms with E-state index in [1.807, 2.05) is 6.07 Å². The van der Waals surface area contributed by atoms with Gasteiger partial charge in [-0.25, -0.2) is 4.98 Å². The van der Waals surface area contributed by atoms with E-state index in [0.717, 1.165) is 24.6 Å². The molecule has 5 heteroatoms. The zero-order valence-electron chi connectivity index (χ0n) is 13.3. The molecule has 23 heavy (non-hydrogen) atoms. The van der Waals surface area contributed by atoms with Crippen LogP contribution in [0, 0.1) is 0 Å². The Morgan fingerprint density at radius 2 is 1.87 bits per heavy atom. The molecule has 0 spiro atoms. The van der Waals surface area contributed by atoms with Gasteiger partial charge in [-0.1, -0.05) is 6.08 Å². The van der Waals surface area contributed by atoms with Gasteiger partial charge in [0.1, 0.15) is 5.82 Å². The van der Waals surface area contributed by atoms with Gasteiger partial charge in [0, 0.05) is 37.2 Å². The first-order chi connectivity index (χ1) is 11.3. The lowest BCUT2D eigenvalue weighted by Crippen LogP contribution is -2.29. The minimum Gasteiger partial charge on any atom is -0.372 e. The Bertz CT molecular complexity index is 632. The lowest BCUT2D eigenvalue weighted by Gasteiger charge is -2.28. The molecule has 1 aromatic carbocycles. The molecule has 3 rings (SSSR count). The van der Waals surface area contributed by atoms with Crippen molar-refractivity contribution in [1.29, 1.82) is 0 Å². The van der Waals surface area contributed by atoms with Gasteiger partial charge in [-0.15, -0.1) is 6.58 Å². The number of benzene rings is 1. The number of nitrogens with one attached hydrogen (secondary N) is 2. The summed E-state index contributed by atoms with van der Waals surface area (Å²) in [6, 6.07) is 10.4. The summed E-state index contributed by atoms with van der Waals surface area (Å²) in [5, 5.41) is 6.40. The van der Waals surface area contributed by atoms with Crippen LogP contribution in [-0.2, 0) is 0 Å². The Morgan fingerprint density at radius 3 is 2.61 bits per heavy atom. The average Bonchev–Trinajstić information content (AvgIpc) is 2.62. The zero-order chi connectivity index (χ0) is 15.9. The first kappa shape index (κ1) is 15.3. The highest BCUT2D eigenvalue weighted by molar-refractivity contribution is 5.61. The summed E-state index contributed by atoms with van der Waals surface area (Å²) < 4.78 is 0. The lowest BCUT2D eigenvalue weighted by molar-refractivity contribution is 0.578. The fraction of sp³-hybridized carbons (Fsp3) is 0.333. The van der Waals surface area contributed by atoms with Crippen molar-refractivity contribution >= 4 is 23.1 Å². The molecule has 0 radical (unpaired) electrons. The van der Waals surface area contributed by atoms with Gasteiger partial charge in [0.15, 0.2) is 0 Å². The molecule has 1 fully saturated rings. The third kappa shape index (κ3) is 4.22. The second kappa shape index (κ2) is 7.63. The van der Waals surface area contributed by atoms with E-state index in [1.165, 1.54) is 24.9 Å². The number of nitrogens with zero attached hydrogens (tertiary/aromatic N) is 3. The fourth-order valence-electron chi connectivity index (χ4n) is 2.73. The average molecular weight is 309 g/mol. The predicted octanol–water partition coefficient (Wildman–Crippen LogP) is 3.81. The highest BCUT2D eigenvalue weighted by Crippen LogP contribution is 2.23. The second-order valence-electron chi connectivity index (χ2n) is 5.65. The maximum absolute atomic E-state index is 4.43. The van der Waals surface area contributed by atoms with Gasteiger partial charge < -0.3 is 15.5 Å². The Hall–Kier alpha value is -2.56. The van der Waals surface area contributed by atoms with Crippen LogP contribution in [0.4, 0.5) is 23.1 Å². The number of aromatic nitrogens is 2. The maximum atomic E-state index is 4.43. The Morgan fingerprint density at radius 1 is 1.09 bits per heavy atom. The van der Waals surface area contributed by atoms with E-state index in [2.05, 4.69) is 56.3 Å². The summed E-state index contributed by atoms with van der Waals surface area (Å²) in [5.74, 6) is 1.37. The normalized spacial score (nSPS) is 14.3. The summed E-state index contributed by atoms with van der Waals surface area (Å²) in [4.78, 5) is 11.1. The van der Waals surface area contributed by atoms with Crippen molar-refractivity contribution in [1.82, 2.24) is 9.97 Å². The molecule has 0 saturated carbocycles. The molecule has 0 atom stereocenters. The van der Waals surface area contributed by atoms with Crippen LogP contribution in [0.15, 0.2) is 49.2 Å². The molecule has 120 valence electrons. The molecule has 0 bridgehead atoms. The molecule has 2 aromatic rings. The summed E-state index contributed by atoms with van der Waals surface area (Å²) in [7, 11) is 0. The molecule has 1 aromatic heterocycles. The van der Waals surface area contributed by atoms with Crippen molar-refractivity contribution in [2.45, 2.75) is 19.3 Å². The molecule has 1 saturated heterocycles. The topological polar surface area (TPSA) is 53.1 Å². The molecule has 2 heterocycles. The van der Waals surface area contributed by atoms with Gasteiger partial charge in [0.2, 0.25) is 5.95 Å². The van der Waals surface area contributed by atoms with E-state index in [1.54, 1.807) is 12.3 Å². The molecule has 0 amide bonds. The van der Waals surface area contributed by atoms with Crippen LogP contribution in [0.2, 0.25) is 0 Å². The summed E-state index contributed by atoms with van der Waals surface area (Å²) in [5.41, 5.74) is 2.32. The van der Waals surface area contributed by atoms with E-state index in [-0.39, 0.29) is 0 Å². The highest BCUT2D eigenvalue weighted by Gasteiger charge is 2.10. The number of piperidine rings is 1. The van der Waals surface area contributed by atoms with E-state index in [4.69, 9.17) is 0 Å². The van der Waals surface area contributed by atoms with Crippen LogP contribution in [0.3, 0.4) is 0 Å². The molecule has 0 aliphatic carbocycles. The fourth-order valence-corrected chi connectivity index (χ4v) is 2.73. The molecular formula is C18H23N5. The first-order valence-electron chi connectivity index (χ1n) is 8.15. The Balaban J connectivity index is 1.64. The first-order valence-corrected chi connectivity index (χ1v) is 8.15. The number of rotatable bonds is 6. The van der Waals surface area contributed by atoms with Crippen LogP contribution in [0.25, 0.3) is 0 Å². The van der Waals surface area contributed by atoms with Gasteiger partial charge in [-0.05, 0) is 49.6 Å². The molecule has 5 nitrogen and oxygen atoms in total. The molecule has 1 aliphatic rings. The van der Waals surface area contributed by atoms with Crippen LogP contribution in [0.5, 0.6) is 0 Å². The molecule has 2 N–H and O–H groups in total. The number of anilines is 4. The van der Waals surface area contributed by atoms with Gasteiger partial charge in [-0.2, -0.15) is 4.98 Å². The van der Waals surface area contributed by atoms with Crippen molar-refractivity contribution in [2.24, 2.45) is 0 Å². The van der Waals surface area contributed by atoms with Crippen molar-refractivity contribution in [2.75, 3.05) is 35.2 Å². The van der Waals surface area contributed by atoms with E-state index < -0.39 is 0 Å². The Labute approximate surface area is 137 Å². The summed E-state index contributed by atoms with van der Waals surface area (Å²) >= 11 is 0. The van der Waals surface area contributed by atoms with E-state index in [9.17, 15) is 0 Å². The monoisotopic (exact) mass is 309 g/mol. The minimum atomic E-state index is 0.597. The molecule has 0 unspecified atom stereocenters. The van der Waals surface area contributed by atoms with Crippen molar-refractivity contribution < 1.29 is 0 Å². The second-order valence-corrected chi connectivity index (χ2v) is 5.65. The van der Waals surface area contributed by atoms with Crippen molar-refractivity contribution in [3.05, 3.63) is 49.2 Å². The molecular weight excluding hydrogens is 286 g/mol. The maximum Gasteiger partial charge on any atom is 0.224 e. The quantitative estimate of drug-likeness (QED) is 0.795. The summed E-state index contributed by atoms with van der Waals surface area (Å²) in [6.45, 7) is 6.65. The predicted molar refractivity (Wildman–Crippen MR) is 96.5 cm³/mol.